The first kappa shape index (κ1) is 22.8. The van der Waals surface area contributed by atoms with Gasteiger partial charge in [-0.1, -0.05) is 30.6 Å². The molecule has 1 aliphatic rings. The van der Waals surface area contributed by atoms with Crippen molar-refractivity contribution >= 4 is 5.91 Å². The first-order valence-corrected chi connectivity index (χ1v) is 11.3. The fraction of sp³-hybridized carbons (Fsp3) is 0.478. The Bertz CT molecular complexity index is 1130. The van der Waals surface area contributed by atoms with Gasteiger partial charge in [0, 0.05) is 12.6 Å². The van der Waals surface area contributed by atoms with E-state index in [9.17, 15) is 15.0 Å². The Kier molecular flexibility index (Phi) is 6.64. The fourth-order valence-electron chi connectivity index (χ4n) is 4.05. The monoisotopic (exact) mass is 455 g/mol. The summed E-state index contributed by atoms with van der Waals surface area (Å²) in [6.07, 6.45) is 3.49. The van der Waals surface area contributed by atoms with E-state index in [-0.39, 0.29) is 45.8 Å². The molecule has 3 aromatic rings. The second-order valence-electron chi connectivity index (χ2n) is 8.53. The van der Waals surface area contributed by atoms with Crippen molar-refractivity contribution in [2.75, 3.05) is 19.6 Å². The third-order valence-electron chi connectivity index (χ3n) is 5.76. The van der Waals surface area contributed by atoms with Crippen LogP contribution < -0.4 is 5.32 Å². The van der Waals surface area contributed by atoms with Crippen LogP contribution in [0.4, 0.5) is 0 Å². The summed E-state index contributed by atoms with van der Waals surface area (Å²) in [5.74, 6) is -0.00156. The molecule has 0 unspecified atom stereocenters. The van der Waals surface area contributed by atoms with Gasteiger partial charge in [-0.3, -0.25) is 9.69 Å². The van der Waals surface area contributed by atoms with Crippen LogP contribution in [0.25, 0.3) is 22.7 Å². The van der Waals surface area contributed by atoms with E-state index in [1.165, 1.54) is 12.5 Å². The Labute approximate surface area is 191 Å². The van der Waals surface area contributed by atoms with Crippen molar-refractivity contribution in [1.29, 1.82) is 0 Å². The molecule has 2 aromatic heterocycles. The van der Waals surface area contributed by atoms with Crippen LogP contribution in [0.5, 0.6) is 11.5 Å². The molecule has 3 N–H and O–H groups in total. The van der Waals surface area contributed by atoms with Crippen LogP contribution in [0.1, 0.15) is 67.9 Å². The maximum Gasteiger partial charge on any atom is 0.274 e. The summed E-state index contributed by atoms with van der Waals surface area (Å²) in [4.78, 5) is 19.5. The van der Waals surface area contributed by atoms with Crippen LogP contribution in [0.2, 0.25) is 0 Å². The standard InChI is InChI=1S/C23H29N5O5/c1-4-24-23(31)20-19(22-25-18(32-27-22)12-28-8-6-5-7-9-28)21(33-26-20)15-10-14(13(2)3)16(29)11-17(15)30/h10-11,13,29-30H,4-9,12H2,1-3H3,(H,24,31). The number of hydrogen-bond acceptors (Lipinski definition) is 9. The lowest BCUT2D eigenvalue weighted by Crippen LogP contribution is -2.29. The number of carbonyl (C=O) groups excluding carboxylic acids is 1. The third-order valence-corrected chi connectivity index (χ3v) is 5.76. The zero-order valence-electron chi connectivity index (χ0n) is 19.1. The lowest BCUT2D eigenvalue weighted by atomic mass is 9.96. The van der Waals surface area contributed by atoms with Crippen molar-refractivity contribution in [2.45, 2.75) is 52.5 Å². The third kappa shape index (κ3) is 4.70. The number of benzene rings is 1. The van der Waals surface area contributed by atoms with Gasteiger partial charge in [-0.15, -0.1) is 0 Å². The molecule has 1 amide bonds. The highest BCUT2D eigenvalue weighted by Gasteiger charge is 2.30. The van der Waals surface area contributed by atoms with Gasteiger partial charge in [0.05, 0.1) is 12.1 Å². The van der Waals surface area contributed by atoms with Crippen LogP contribution in [0.3, 0.4) is 0 Å². The van der Waals surface area contributed by atoms with Gasteiger partial charge in [-0.2, -0.15) is 4.98 Å². The van der Waals surface area contributed by atoms with Gasteiger partial charge in [-0.05, 0) is 50.4 Å². The molecule has 33 heavy (non-hydrogen) atoms. The number of aromatic nitrogens is 3. The number of piperidine rings is 1. The van der Waals surface area contributed by atoms with Gasteiger partial charge in [0.15, 0.2) is 11.5 Å². The average molecular weight is 456 g/mol. The number of nitrogens with zero attached hydrogens (tertiary/aromatic N) is 4. The highest BCUT2D eigenvalue weighted by Crippen LogP contribution is 2.42. The van der Waals surface area contributed by atoms with Gasteiger partial charge in [0.1, 0.15) is 17.1 Å². The van der Waals surface area contributed by atoms with Crippen molar-refractivity contribution in [3.63, 3.8) is 0 Å². The summed E-state index contributed by atoms with van der Waals surface area (Å²) in [7, 11) is 0. The number of phenolic OH excluding ortho intramolecular Hbond substituents is 2. The molecule has 10 nitrogen and oxygen atoms in total. The van der Waals surface area contributed by atoms with Gasteiger partial charge in [0.2, 0.25) is 11.7 Å². The van der Waals surface area contributed by atoms with Crippen molar-refractivity contribution in [1.82, 2.24) is 25.5 Å². The quantitative estimate of drug-likeness (QED) is 0.487. The van der Waals surface area contributed by atoms with E-state index in [1.54, 1.807) is 13.0 Å². The highest BCUT2D eigenvalue weighted by atomic mass is 16.5. The number of rotatable bonds is 7. The molecule has 4 rings (SSSR count). The molecule has 176 valence electrons. The van der Waals surface area contributed by atoms with Gasteiger partial charge in [0.25, 0.3) is 5.91 Å². The maximum atomic E-state index is 12.7. The molecular formula is C23H29N5O5. The van der Waals surface area contributed by atoms with E-state index in [0.717, 1.165) is 25.9 Å². The van der Waals surface area contributed by atoms with Crippen LogP contribution in [0, 0.1) is 0 Å². The normalized spacial score (nSPS) is 14.7. The molecule has 0 spiro atoms. The van der Waals surface area contributed by atoms with E-state index in [4.69, 9.17) is 9.05 Å². The molecule has 3 heterocycles. The molecule has 0 saturated carbocycles. The first-order chi connectivity index (χ1) is 15.9. The predicted molar refractivity (Wildman–Crippen MR) is 120 cm³/mol. The number of amides is 1. The number of nitrogens with one attached hydrogen (secondary N) is 1. The zero-order chi connectivity index (χ0) is 23.5. The molecule has 0 aliphatic carbocycles. The van der Waals surface area contributed by atoms with Crippen LogP contribution >= 0.6 is 0 Å². The predicted octanol–water partition coefficient (Wildman–Crippen LogP) is 3.66. The minimum atomic E-state index is -0.452. The number of hydrogen-bond donors (Lipinski definition) is 3. The van der Waals surface area contributed by atoms with E-state index >= 15 is 0 Å². The summed E-state index contributed by atoms with van der Waals surface area (Å²) in [6, 6.07) is 2.87. The van der Waals surface area contributed by atoms with Gasteiger partial charge >= 0.3 is 0 Å². The molecule has 1 saturated heterocycles. The topological polar surface area (TPSA) is 138 Å². The van der Waals surface area contributed by atoms with Crippen molar-refractivity contribution in [3.05, 3.63) is 29.3 Å². The van der Waals surface area contributed by atoms with Crippen LogP contribution in [-0.2, 0) is 6.54 Å². The fourth-order valence-corrected chi connectivity index (χ4v) is 4.05. The van der Waals surface area contributed by atoms with E-state index in [2.05, 4.69) is 25.5 Å². The first-order valence-electron chi connectivity index (χ1n) is 11.3. The maximum absolute atomic E-state index is 12.7. The Morgan fingerprint density at radius 2 is 1.88 bits per heavy atom. The van der Waals surface area contributed by atoms with E-state index in [0.29, 0.717) is 24.5 Å². The van der Waals surface area contributed by atoms with E-state index < -0.39 is 5.91 Å². The molecule has 0 radical (unpaired) electrons. The Balaban J connectivity index is 1.78. The lowest BCUT2D eigenvalue weighted by molar-refractivity contribution is 0.0947. The second-order valence-corrected chi connectivity index (χ2v) is 8.53. The SMILES string of the molecule is CCNC(=O)c1noc(-c2cc(C(C)C)c(O)cc2O)c1-c1noc(CN2CCCCC2)n1. The number of carbonyl (C=O) groups is 1. The summed E-state index contributed by atoms with van der Waals surface area (Å²) in [6.45, 7) is 8.50. The summed E-state index contributed by atoms with van der Waals surface area (Å²) >= 11 is 0. The Morgan fingerprint density at radius 3 is 2.58 bits per heavy atom. The van der Waals surface area contributed by atoms with Crippen LogP contribution in [-0.4, -0.2) is 56.0 Å². The number of aromatic hydroxyl groups is 2. The van der Waals surface area contributed by atoms with E-state index in [1.807, 2.05) is 13.8 Å². The average Bonchev–Trinajstić information content (AvgIpc) is 3.41. The number of phenols is 2. The largest absolute Gasteiger partial charge is 0.508 e. The second kappa shape index (κ2) is 9.62. The lowest BCUT2D eigenvalue weighted by Gasteiger charge is -2.24. The van der Waals surface area contributed by atoms with Crippen molar-refractivity contribution < 1.29 is 24.1 Å². The Morgan fingerprint density at radius 1 is 1.12 bits per heavy atom. The molecule has 0 atom stereocenters. The summed E-state index contributed by atoms with van der Waals surface area (Å²) < 4.78 is 11.0. The number of likely N-dealkylation sites (tertiary alicyclic amines) is 1. The Hall–Kier alpha value is -3.40. The van der Waals surface area contributed by atoms with Crippen molar-refractivity contribution in [3.8, 4) is 34.2 Å². The highest BCUT2D eigenvalue weighted by molar-refractivity contribution is 6.01. The molecular weight excluding hydrogens is 426 g/mol. The minimum Gasteiger partial charge on any atom is -0.508 e. The summed E-state index contributed by atoms with van der Waals surface area (Å²) in [5, 5.41) is 31.6. The molecule has 10 heteroatoms. The molecule has 1 fully saturated rings. The minimum absolute atomic E-state index is 0.00394. The molecule has 0 bridgehead atoms. The van der Waals surface area contributed by atoms with Crippen LogP contribution in [0.15, 0.2) is 21.2 Å². The zero-order valence-corrected chi connectivity index (χ0v) is 19.1. The smallest absolute Gasteiger partial charge is 0.274 e. The summed E-state index contributed by atoms with van der Waals surface area (Å²) in [5.41, 5.74) is 1.11. The van der Waals surface area contributed by atoms with Gasteiger partial charge in [-0.25, -0.2) is 0 Å². The van der Waals surface area contributed by atoms with Gasteiger partial charge < -0.3 is 24.6 Å². The van der Waals surface area contributed by atoms with Crippen molar-refractivity contribution in [2.24, 2.45) is 0 Å². The molecule has 1 aromatic carbocycles. The molecule has 1 aliphatic heterocycles.